The highest BCUT2D eigenvalue weighted by Crippen LogP contribution is 2.39. The van der Waals surface area contributed by atoms with Gasteiger partial charge < -0.3 is 5.11 Å². The third-order valence-corrected chi connectivity index (χ3v) is 5.40. The van der Waals surface area contributed by atoms with Crippen LogP contribution >= 0.6 is 0 Å². The number of benzene rings is 1. The van der Waals surface area contributed by atoms with Gasteiger partial charge in [-0.25, -0.2) is 0 Å². The van der Waals surface area contributed by atoms with Crippen LogP contribution in [-0.2, 0) is 11.2 Å². The largest absolute Gasteiger partial charge is 0.480 e. The van der Waals surface area contributed by atoms with Gasteiger partial charge in [-0.1, -0.05) is 44.5 Å². The molecule has 4 unspecified atom stereocenters. The summed E-state index contributed by atoms with van der Waals surface area (Å²) in [5.74, 6) is 0.596. The lowest BCUT2D eigenvalue weighted by molar-refractivity contribution is -0.146. The van der Waals surface area contributed by atoms with E-state index in [1.54, 1.807) is 0 Å². The van der Waals surface area contributed by atoms with Gasteiger partial charge in [-0.2, -0.15) is 0 Å². The lowest BCUT2D eigenvalue weighted by Gasteiger charge is -2.45. The molecule has 114 valence electrons. The van der Waals surface area contributed by atoms with E-state index < -0.39 is 12.0 Å². The number of rotatable bonds is 2. The second-order valence-corrected chi connectivity index (χ2v) is 6.89. The van der Waals surface area contributed by atoms with Gasteiger partial charge in [-0.05, 0) is 42.2 Å². The van der Waals surface area contributed by atoms with Crippen LogP contribution in [0, 0.1) is 11.8 Å². The normalized spacial score (nSPS) is 33.4. The zero-order valence-electron chi connectivity index (χ0n) is 13.0. The molecule has 2 aliphatic rings. The van der Waals surface area contributed by atoms with Crippen LogP contribution in [0.15, 0.2) is 24.3 Å². The van der Waals surface area contributed by atoms with Gasteiger partial charge in [0.1, 0.15) is 6.04 Å². The molecule has 21 heavy (non-hydrogen) atoms. The molecule has 4 atom stereocenters. The van der Waals surface area contributed by atoms with E-state index in [0.29, 0.717) is 17.9 Å². The van der Waals surface area contributed by atoms with Gasteiger partial charge in [0.25, 0.3) is 0 Å². The van der Waals surface area contributed by atoms with E-state index in [-0.39, 0.29) is 0 Å². The van der Waals surface area contributed by atoms with Crippen LogP contribution in [0.1, 0.15) is 50.3 Å². The first-order chi connectivity index (χ1) is 10.1. The maximum atomic E-state index is 11.9. The Balaban J connectivity index is 1.93. The summed E-state index contributed by atoms with van der Waals surface area (Å²) in [6.45, 7) is 5.46. The molecule has 0 aromatic heterocycles. The molecule has 0 radical (unpaired) electrons. The first-order valence-corrected chi connectivity index (χ1v) is 8.14. The fourth-order valence-electron chi connectivity index (χ4n) is 4.18. The summed E-state index contributed by atoms with van der Waals surface area (Å²) in [5, 5.41) is 9.80. The molecule has 1 saturated carbocycles. The molecule has 1 fully saturated rings. The second-order valence-electron chi connectivity index (χ2n) is 6.89. The van der Waals surface area contributed by atoms with E-state index in [0.717, 1.165) is 24.9 Å². The summed E-state index contributed by atoms with van der Waals surface area (Å²) in [6.07, 6.45) is 4.60. The van der Waals surface area contributed by atoms with Gasteiger partial charge in [-0.15, -0.1) is 0 Å². The smallest absolute Gasteiger partial charge is 0.325 e. The quantitative estimate of drug-likeness (QED) is 0.905. The molecule has 1 aliphatic heterocycles. The Morgan fingerprint density at radius 3 is 2.76 bits per heavy atom. The van der Waals surface area contributed by atoms with E-state index in [4.69, 9.17) is 0 Å². The van der Waals surface area contributed by atoms with Crippen molar-refractivity contribution in [2.24, 2.45) is 11.8 Å². The summed E-state index contributed by atoms with van der Waals surface area (Å²) in [6, 6.07) is 7.99. The summed E-state index contributed by atoms with van der Waals surface area (Å²) < 4.78 is 0. The highest BCUT2D eigenvalue weighted by atomic mass is 16.4. The number of aliphatic carboxylic acids is 1. The van der Waals surface area contributed by atoms with Crippen LogP contribution in [0.4, 0.5) is 0 Å². The molecule has 3 nitrogen and oxygen atoms in total. The Morgan fingerprint density at radius 2 is 2.00 bits per heavy atom. The van der Waals surface area contributed by atoms with Gasteiger partial charge in [-0.3, -0.25) is 9.69 Å². The Morgan fingerprint density at radius 1 is 1.24 bits per heavy atom. The van der Waals surface area contributed by atoms with Crippen molar-refractivity contribution in [3.8, 4) is 0 Å². The topological polar surface area (TPSA) is 40.5 Å². The molecule has 1 aromatic rings. The van der Waals surface area contributed by atoms with Crippen LogP contribution in [0.2, 0.25) is 0 Å². The number of hydrogen-bond acceptors (Lipinski definition) is 2. The van der Waals surface area contributed by atoms with Crippen molar-refractivity contribution < 1.29 is 9.90 Å². The van der Waals surface area contributed by atoms with Gasteiger partial charge in [0.05, 0.1) is 0 Å². The van der Waals surface area contributed by atoms with E-state index in [9.17, 15) is 9.90 Å². The summed E-state index contributed by atoms with van der Waals surface area (Å²) in [5.41, 5.74) is 2.21. The van der Waals surface area contributed by atoms with Crippen LogP contribution in [0.25, 0.3) is 0 Å². The van der Waals surface area contributed by atoms with Crippen molar-refractivity contribution in [3.63, 3.8) is 0 Å². The van der Waals surface area contributed by atoms with Crippen molar-refractivity contribution in [2.75, 3.05) is 6.54 Å². The molecular weight excluding hydrogens is 262 g/mol. The van der Waals surface area contributed by atoms with E-state index in [2.05, 4.69) is 24.8 Å². The van der Waals surface area contributed by atoms with Crippen molar-refractivity contribution >= 4 is 5.97 Å². The van der Waals surface area contributed by atoms with Crippen molar-refractivity contribution in [3.05, 3.63) is 35.4 Å². The fraction of sp³-hybridized carbons (Fsp3) is 0.611. The molecular formula is C18H25NO2. The van der Waals surface area contributed by atoms with Crippen LogP contribution in [0.5, 0.6) is 0 Å². The molecule has 3 rings (SSSR count). The van der Waals surface area contributed by atoms with Gasteiger partial charge >= 0.3 is 5.97 Å². The van der Waals surface area contributed by atoms with Crippen LogP contribution < -0.4 is 0 Å². The Labute approximate surface area is 127 Å². The summed E-state index contributed by atoms with van der Waals surface area (Å²) in [4.78, 5) is 14.2. The molecule has 0 spiro atoms. The molecule has 1 N–H and O–H groups in total. The third kappa shape index (κ3) is 2.71. The van der Waals surface area contributed by atoms with Crippen LogP contribution in [-0.4, -0.2) is 28.6 Å². The molecule has 1 aliphatic carbocycles. The van der Waals surface area contributed by atoms with Crippen LogP contribution in [0.3, 0.4) is 0 Å². The average molecular weight is 287 g/mol. The number of carboxylic acids is 1. The first kappa shape index (κ1) is 14.6. The molecule has 1 heterocycles. The molecule has 0 saturated heterocycles. The minimum atomic E-state index is -0.701. The van der Waals surface area contributed by atoms with Gasteiger partial charge in [0.2, 0.25) is 0 Å². The average Bonchev–Trinajstić information content (AvgIpc) is 2.48. The van der Waals surface area contributed by atoms with E-state index in [1.165, 1.54) is 18.4 Å². The van der Waals surface area contributed by atoms with E-state index >= 15 is 0 Å². The predicted molar refractivity (Wildman–Crippen MR) is 83.2 cm³/mol. The number of hydrogen-bond donors (Lipinski definition) is 1. The SMILES string of the molecule is CC1CCC(C)C(N2CCc3ccccc3C2C(=O)O)C1. The highest BCUT2D eigenvalue weighted by molar-refractivity contribution is 5.76. The summed E-state index contributed by atoms with van der Waals surface area (Å²) in [7, 11) is 0. The standard InChI is InChI=1S/C18H25NO2/c1-12-7-8-13(2)16(11-12)19-10-9-14-5-3-4-6-15(14)17(19)18(20)21/h3-6,12-13,16-17H,7-11H2,1-2H3,(H,20,21). The fourth-order valence-corrected chi connectivity index (χ4v) is 4.18. The maximum absolute atomic E-state index is 11.9. The van der Waals surface area contributed by atoms with Crippen molar-refractivity contribution in [1.82, 2.24) is 4.90 Å². The number of carboxylic acid groups (broad SMARTS) is 1. The number of carbonyl (C=O) groups is 1. The highest BCUT2D eigenvalue weighted by Gasteiger charge is 2.40. The molecule has 0 bridgehead atoms. The zero-order valence-corrected chi connectivity index (χ0v) is 13.0. The summed E-state index contributed by atoms with van der Waals surface area (Å²) >= 11 is 0. The lowest BCUT2D eigenvalue weighted by Crippen LogP contribution is -2.50. The van der Waals surface area contributed by atoms with Gasteiger partial charge in [0.15, 0.2) is 0 Å². The maximum Gasteiger partial charge on any atom is 0.325 e. The van der Waals surface area contributed by atoms with Crippen molar-refractivity contribution in [2.45, 2.75) is 51.6 Å². The second kappa shape index (κ2) is 5.80. The van der Waals surface area contributed by atoms with E-state index in [1.807, 2.05) is 18.2 Å². The van der Waals surface area contributed by atoms with Crippen molar-refractivity contribution in [1.29, 1.82) is 0 Å². The Bertz CT molecular complexity index is 528. The number of nitrogens with zero attached hydrogens (tertiary/aromatic N) is 1. The zero-order chi connectivity index (χ0) is 15.0. The molecule has 0 amide bonds. The molecule has 1 aromatic carbocycles. The first-order valence-electron chi connectivity index (χ1n) is 8.14. The van der Waals surface area contributed by atoms with Gasteiger partial charge in [0, 0.05) is 12.6 Å². The predicted octanol–water partition coefficient (Wildman–Crippen LogP) is 3.50. The number of fused-ring (bicyclic) bond motifs is 1. The Hall–Kier alpha value is -1.35. The third-order valence-electron chi connectivity index (χ3n) is 5.40. The lowest BCUT2D eigenvalue weighted by atomic mass is 9.77. The monoisotopic (exact) mass is 287 g/mol. The minimum Gasteiger partial charge on any atom is -0.480 e. The molecule has 3 heteroatoms. The minimum absolute atomic E-state index is 0.406. The Kier molecular flexibility index (Phi) is 4.03.